The molecular weight excluding hydrogens is 705 g/mol. The first-order valence-corrected chi connectivity index (χ1v) is 12.1. The number of rotatable bonds is 7. The second-order valence-electron chi connectivity index (χ2n) is 8.03. The average Bonchev–Trinajstić information content (AvgIpc) is 3.31. The molecule has 1 N–H and O–H groups in total. The van der Waals surface area contributed by atoms with E-state index in [4.69, 9.17) is 37.4 Å². The van der Waals surface area contributed by atoms with Gasteiger partial charge in [0.25, 0.3) is 0 Å². The molecule has 0 unspecified atom stereocenters. The quantitative estimate of drug-likeness (QED) is 0.216. The zero-order valence-electron chi connectivity index (χ0n) is 24.2. The number of ketones is 1. The van der Waals surface area contributed by atoms with Crippen LogP contribution in [0, 0.1) is 63.8 Å². The van der Waals surface area contributed by atoms with Crippen LogP contribution in [0.25, 0.3) is 0 Å². The van der Waals surface area contributed by atoms with E-state index in [1.54, 1.807) is 12.1 Å². The van der Waals surface area contributed by atoms with Crippen LogP contribution in [0.3, 0.4) is 0 Å². The molecule has 0 bridgehead atoms. The number of ether oxygens (including phenoxy) is 2. The molecule has 0 aromatic heterocycles. The summed E-state index contributed by atoms with van der Waals surface area (Å²) in [5, 5.41) is 10.7. The number of halogens is 1. The van der Waals surface area contributed by atoms with Gasteiger partial charge in [-0.25, -0.2) is 4.39 Å². The summed E-state index contributed by atoms with van der Waals surface area (Å²) in [6.07, 6.45) is 3.70. The molecule has 0 aliphatic carbocycles. The van der Waals surface area contributed by atoms with E-state index >= 15 is 0 Å². The van der Waals surface area contributed by atoms with Crippen molar-refractivity contribution in [2.24, 2.45) is 5.92 Å². The smallest absolute Gasteiger partial charge is 0 e. The van der Waals surface area contributed by atoms with Crippen LogP contribution in [0.2, 0.25) is 0 Å². The third-order valence-electron chi connectivity index (χ3n) is 5.67. The minimum atomic E-state index is -0.906. The molecule has 0 saturated carbocycles. The summed E-state index contributed by atoms with van der Waals surface area (Å²) in [5.74, 6) is -1.36. The normalized spacial score (nSPS) is 16.6. The number of aliphatic hydroxyl groups excluding tert-OH is 1. The van der Waals surface area contributed by atoms with Gasteiger partial charge >= 0.3 is 67.8 Å². The molecule has 47 heavy (non-hydrogen) atoms. The number of aliphatic hydroxyl groups is 1. The Labute approximate surface area is 293 Å². The molecule has 1 aliphatic heterocycles. The van der Waals surface area contributed by atoms with Crippen molar-refractivity contribution in [3.63, 3.8) is 0 Å². The Hall–Kier alpha value is -3.67. The van der Waals surface area contributed by atoms with E-state index < -0.39 is 24.2 Å². The van der Waals surface area contributed by atoms with Crippen LogP contribution in [0.15, 0.2) is 84.9 Å². The van der Waals surface area contributed by atoms with Gasteiger partial charge in [-0.05, 0) is 35.2 Å². The van der Waals surface area contributed by atoms with Crippen LogP contribution < -0.4 is 0 Å². The fraction of sp³-hybridized carbons (Fsp3) is 0.206. The summed E-state index contributed by atoms with van der Waals surface area (Å²) < 4.78 is 70.5. The number of carbonyl (C=O) groups excluding carboxylic acids is 1. The van der Waals surface area contributed by atoms with E-state index in [0.29, 0.717) is 12.2 Å². The fourth-order valence-corrected chi connectivity index (χ4v) is 3.89. The van der Waals surface area contributed by atoms with E-state index in [2.05, 4.69) is 52.1 Å². The van der Waals surface area contributed by atoms with Gasteiger partial charge in [-0.2, -0.15) is 0 Å². The van der Waals surface area contributed by atoms with Crippen LogP contribution in [0.4, 0.5) is 4.39 Å². The van der Waals surface area contributed by atoms with Crippen molar-refractivity contribution >= 4 is 5.78 Å². The van der Waals surface area contributed by atoms with Crippen molar-refractivity contribution in [3.8, 4) is 0 Å². The SMILES string of the molecule is O=C([C]=[C]c1ccccc1)[C@@H]1C[C@H](OCc2ccccc2)[C@H](O)CO[C@H]1c1ccc(F)cc1.[C-]#[O+].[C-]#[O+].[C-]#[O+].[C-]#[O+].[C-]#[O+].[C-]#[O+].[Co].[Co]. The van der Waals surface area contributed by atoms with E-state index in [-0.39, 0.29) is 58.2 Å². The van der Waals surface area contributed by atoms with E-state index in [1.165, 1.54) is 12.1 Å². The number of hydrogen-bond donors (Lipinski definition) is 1. The van der Waals surface area contributed by atoms with Gasteiger partial charge in [-0.3, -0.25) is 4.79 Å². The van der Waals surface area contributed by atoms with E-state index in [0.717, 1.165) is 11.1 Å². The molecule has 1 aliphatic rings. The number of hydrogen-bond acceptors (Lipinski definition) is 4. The summed E-state index contributed by atoms with van der Waals surface area (Å²) in [6.45, 7) is 27.3. The van der Waals surface area contributed by atoms with Crippen molar-refractivity contribution in [3.05, 3.63) is 159 Å². The van der Waals surface area contributed by atoms with Crippen molar-refractivity contribution < 1.29 is 85.2 Å². The maximum atomic E-state index is 13.5. The molecular formula is C34H25Co2FO10. The molecule has 3 aromatic rings. The molecule has 1 saturated heterocycles. The molecule has 10 nitrogen and oxygen atoms in total. The Morgan fingerprint density at radius 2 is 1.26 bits per heavy atom. The Balaban J connectivity index is -0.000000379. The summed E-state index contributed by atoms with van der Waals surface area (Å²) in [5.41, 5.74) is 2.36. The van der Waals surface area contributed by atoms with Gasteiger partial charge < -0.3 is 14.6 Å². The Morgan fingerprint density at radius 1 is 0.787 bits per heavy atom. The number of Topliss-reactive ketones (excluding diaryl/α,β-unsaturated/α-hetero) is 1. The molecule has 246 valence electrons. The topological polar surface area (TPSA) is 175 Å². The van der Waals surface area contributed by atoms with E-state index in [1.807, 2.05) is 60.7 Å². The summed E-state index contributed by atoms with van der Waals surface area (Å²) in [4.78, 5) is 13.2. The first-order valence-electron chi connectivity index (χ1n) is 12.1. The second kappa shape index (κ2) is 36.8. The minimum Gasteiger partial charge on any atom is 0 e. The standard InChI is InChI=1S/C28H25FO4.6CO.2Co/c29-23-14-12-22(13-15-23)28-24(25(30)16-11-20-7-3-1-4-8-20)17-27(26(31)19-33-28)32-18-21-9-5-2-6-10-21;6*1-2;;/h1-10,12-15,24,26-28,31H,17-19H2;;;;;;;;/t24-,26+,27-,28-;;;;;;;;/m0......../s1. The summed E-state index contributed by atoms with van der Waals surface area (Å²) in [6, 6.07) is 24.8. The Morgan fingerprint density at radius 3 is 1.74 bits per heavy atom. The zero-order chi connectivity index (χ0) is 35.0. The minimum absolute atomic E-state index is 0. The Kier molecular flexibility index (Phi) is 41.4. The van der Waals surface area contributed by atoms with Crippen LogP contribution in [-0.4, -0.2) is 29.7 Å². The third-order valence-corrected chi connectivity index (χ3v) is 5.67. The first kappa shape index (κ1) is 52.8. The number of benzene rings is 3. The van der Waals surface area contributed by atoms with Crippen LogP contribution >= 0.6 is 0 Å². The van der Waals surface area contributed by atoms with Gasteiger partial charge in [0, 0.05) is 45.7 Å². The molecule has 0 spiro atoms. The van der Waals surface area contributed by atoms with Gasteiger partial charge in [-0.1, -0.05) is 72.8 Å². The molecule has 3 aromatic carbocycles. The maximum Gasteiger partial charge on any atom is 0 e. The van der Waals surface area contributed by atoms with Crippen molar-refractivity contribution in [2.75, 3.05) is 6.61 Å². The number of carbonyl (C=O) groups is 1. The largest absolute Gasteiger partial charge is 0 e. The summed E-state index contributed by atoms with van der Waals surface area (Å²) >= 11 is 0. The molecule has 4 rings (SSSR count). The Bertz CT molecular complexity index is 1290. The van der Waals surface area contributed by atoms with Crippen molar-refractivity contribution in [2.45, 2.75) is 31.3 Å². The average molecular weight is 730 g/mol. The van der Waals surface area contributed by atoms with Crippen molar-refractivity contribution in [1.82, 2.24) is 0 Å². The molecule has 0 amide bonds. The molecule has 1 heterocycles. The molecule has 4 atom stereocenters. The predicted molar refractivity (Wildman–Crippen MR) is 145 cm³/mol. The van der Waals surface area contributed by atoms with Crippen molar-refractivity contribution in [1.29, 1.82) is 0 Å². The van der Waals surface area contributed by atoms with Gasteiger partial charge in [-0.15, -0.1) is 0 Å². The van der Waals surface area contributed by atoms with Gasteiger partial charge in [0.15, 0.2) is 5.78 Å². The summed E-state index contributed by atoms with van der Waals surface area (Å²) in [7, 11) is 0. The maximum absolute atomic E-state index is 13.5. The van der Waals surface area contributed by atoms with Crippen LogP contribution in [0.5, 0.6) is 0 Å². The predicted octanol–water partition coefficient (Wildman–Crippen LogP) is 4.40. The first-order chi connectivity index (χ1) is 22.1. The molecule has 13 heteroatoms. The van der Waals surface area contributed by atoms with Crippen LogP contribution in [0.1, 0.15) is 29.2 Å². The molecule has 1 fully saturated rings. The zero-order valence-corrected chi connectivity index (χ0v) is 26.3. The van der Waals surface area contributed by atoms with Gasteiger partial charge in [0.1, 0.15) is 11.9 Å². The van der Waals surface area contributed by atoms with E-state index in [9.17, 15) is 14.3 Å². The third kappa shape index (κ3) is 21.0. The second-order valence-corrected chi connectivity index (χ2v) is 8.03. The fourth-order valence-electron chi connectivity index (χ4n) is 3.89. The number of allylic oxidation sites excluding steroid dienone is 1. The monoisotopic (exact) mass is 730 g/mol. The van der Waals surface area contributed by atoms with Gasteiger partial charge in [0.05, 0.1) is 31.3 Å². The molecule has 4 radical (unpaired) electrons. The van der Waals surface area contributed by atoms with Crippen LogP contribution in [-0.2, 0) is 82.3 Å². The van der Waals surface area contributed by atoms with Gasteiger partial charge in [0.2, 0.25) is 0 Å².